The molecule has 2 heteroatoms. The third-order valence-corrected chi connectivity index (χ3v) is 5.04. The van der Waals surface area contributed by atoms with Gasteiger partial charge >= 0.3 is 0 Å². The molecule has 0 spiro atoms. The first-order valence-corrected chi connectivity index (χ1v) is 7.82. The summed E-state index contributed by atoms with van der Waals surface area (Å²) in [6.45, 7) is 12.7. The van der Waals surface area contributed by atoms with E-state index >= 15 is 0 Å². The summed E-state index contributed by atoms with van der Waals surface area (Å²) in [6.07, 6.45) is 6.33. The monoisotopic (exact) mass is 259 g/mol. The molecule has 0 saturated carbocycles. The Morgan fingerprint density at radius 1 is 1.00 bits per heavy atom. The van der Waals surface area contributed by atoms with E-state index in [9.17, 15) is 0 Å². The van der Waals surface area contributed by atoms with Gasteiger partial charge < -0.3 is 4.90 Å². The summed E-state index contributed by atoms with van der Waals surface area (Å²) in [4.78, 5) is 2.54. The summed E-state index contributed by atoms with van der Waals surface area (Å²) in [5, 5.41) is 0. The Balaban J connectivity index is 4.72. The molecule has 0 aromatic heterocycles. The van der Waals surface area contributed by atoms with Crippen LogP contribution in [0.3, 0.4) is 0 Å². The van der Waals surface area contributed by atoms with Crippen LogP contribution in [0.2, 0.25) is 0 Å². The third kappa shape index (κ3) is 5.21. The molecule has 0 aliphatic rings. The molecule has 1 nitrogen and oxygen atoms in total. The second-order valence-corrected chi connectivity index (χ2v) is 6.50. The SMILES string of the molecule is CCCC(CS)(CCC)CN(C)C(C)(C)CC. The van der Waals surface area contributed by atoms with Crippen LogP contribution < -0.4 is 0 Å². The van der Waals surface area contributed by atoms with Gasteiger partial charge in [-0.15, -0.1) is 0 Å². The van der Waals surface area contributed by atoms with Crippen molar-refractivity contribution in [1.82, 2.24) is 4.90 Å². The van der Waals surface area contributed by atoms with Crippen molar-refractivity contribution in [3.05, 3.63) is 0 Å². The molecule has 0 aliphatic heterocycles. The first kappa shape index (κ1) is 17.3. The molecule has 0 fully saturated rings. The van der Waals surface area contributed by atoms with Crippen molar-refractivity contribution in [2.24, 2.45) is 5.41 Å². The molecule has 0 N–H and O–H groups in total. The zero-order valence-corrected chi connectivity index (χ0v) is 13.7. The van der Waals surface area contributed by atoms with Gasteiger partial charge in [-0.05, 0) is 51.3 Å². The number of rotatable bonds is 9. The number of thiol groups is 1. The van der Waals surface area contributed by atoms with Crippen molar-refractivity contribution < 1.29 is 0 Å². The van der Waals surface area contributed by atoms with Crippen molar-refractivity contribution in [2.45, 2.75) is 72.3 Å². The van der Waals surface area contributed by atoms with Crippen LogP contribution in [0.5, 0.6) is 0 Å². The maximum atomic E-state index is 4.64. The van der Waals surface area contributed by atoms with Crippen LogP contribution in [0, 0.1) is 5.41 Å². The molecule has 0 bridgehead atoms. The molecule has 0 rings (SSSR count). The van der Waals surface area contributed by atoms with Crippen LogP contribution >= 0.6 is 12.6 Å². The predicted molar refractivity (Wildman–Crippen MR) is 83.1 cm³/mol. The lowest BCUT2D eigenvalue weighted by Crippen LogP contribution is -2.47. The minimum atomic E-state index is 0.301. The minimum absolute atomic E-state index is 0.301. The molecule has 0 amide bonds. The molecule has 0 aromatic carbocycles. The van der Waals surface area contributed by atoms with E-state index in [1.165, 1.54) is 38.6 Å². The largest absolute Gasteiger partial charge is 0.301 e. The Labute approximate surface area is 115 Å². The summed E-state index contributed by atoms with van der Waals surface area (Å²) in [5.74, 6) is 1.01. The lowest BCUT2D eigenvalue weighted by molar-refractivity contribution is 0.0818. The lowest BCUT2D eigenvalue weighted by Gasteiger charge is -2.43. The van der Waals surface area contributed by atoms with Crippen LogP contribution in [0.1, 0.15) is 66.7 Å². The van der Waals surface area contributed by atoms with E-state index in [0.29, 0.717) is 11.0 Å². The second-order valence-electron chi connectivity index (χ2n) is 6.18. The highest BCUT2D eigenvalue weighted by Crippen LogP contribution is 2.34. The fourth-order valence-corrected chi connectivity index (χ4v) is 2.96. The highest BCUT2D eigenvalue weighted by Gasteiger charge is 2.32. The van der Waals surface area contributed by atoms with Crippen molar-refractivity contribution in [3.63, 3.8) is 0 Å². The van der Waals surface area contributed by atoms with Crippen LogP contribution in [0.25, 0.3) is 0 Å². The van der Waals surface area contributed by atoms with Gasteiger partial charge in [0.05, 0.1) is 0 Å². The second kappa shape index (κ2) is 7.68. The molecule has 0 radical (unpaired) electrons. The standard InChI is InChI=1S/C15H33NS/c1-7-10-15(13-17,11-8-2)12-16(6)14(4,5)9-3/h17H,7-13H2,1-6H3. The molecule has 104 valence electrons. The first-order chi connectivity index (χ1) is 7.87. The molecule has 0 atom stereocenters. The number of hydrogen-bond acceptors (Lipinski definition) is 2. The van der Waals surface area contributed by atoms with E-state index in [0.717, 1.165) is 5.75 Å². The molecule has 0 heterocycles. The maximum Gasteiger partial charge on any atom is 0.0147 e. The molecule has 0 aromatic rings. The van der Waals surface area contributed by atoms with E-state index in [4.69, 9.17) is 0 Å². The van der Waals surface area contributed by atoms with Gasteiger partial charge in [0.25, 0.3) is 0 Å². The summed E-state index contributed by atoms with van der Waals surface area (Å²) in [7, 11) is 2.27. The number of nitrogens with zero attached hydrogens (tertiary/aromatic N) is 1. The highest BCUT2D eigenvalue weighted by molar-refractivity contribution is 7.80. The smallest absolute Gasteiger partial charge is 0.0147 e. The van der Waals surface area contributed by atoms with Crippen LogP contribution in [-0.2, 0) is 0 Å². The Hall–Kier alpha value is 0.310. The van der Waals surface area contributed by atoms with Gasteiger partial charge in [-0.1, -0.05) is 33.6 Å². The Morgan fingerprint density at radius 3 is 1.76 bits per heavy atom. The molecule has 0 aliphatic carbocycles. The predicted octanol–water partition coefficient (Wildman–Crippen LogP) is 4.62. The van der Waals surface area contributed by atoms with Crippen molar-refractivity contribution in [3.8, 4) is 0 Å². The lowest BCUT2D eigenvalue weighted by atomic mass is 9.79. The highest BCUT2D eigenvalue weighted by atomic mass is 32.1. The minimum Gasteiger partial charge on any atom is -0.301 e. The van der Waals surface area contributed by atoms with Crippen molar-refractivity contribution in [1.29, 1.82) is 0 Å². The Bertz CT molecular complexity index is 195. The molecular formula is C15H33NS. The fourth-order valence-electron chi connectivity index (χ4n) is 2.54. The van der Waals surface area contributed by atoms with Gasteiger partial charge in [-0.3, -0.25) is 0 Å². The quantitative estimate of drug-likeness (QED) is 0.591. The van der Waals surface area contributed by atoms with E-state index < -0.39 is 0 Å². The zero-order valence-electron chi connectivity index (χ0n) is 12.8. The first-order valence-electron chi connectivity index (χ1n) is 7.19. The summed E-state index contributed by atoms with van der Waals surface area (Å²) < 4.78 is 0. The van der Waals surface area contributed by atoms with E-state index in [-0.39, 0.29) is 0 Å². The average Bonchev–Trinajstić information content (AvgIpc) is 2.29. The van der Waals surface area contributed by atoms with Crippen LogP contribution in [-0.4, -0.2) is 29.8 Å². The topological polar surface area (TPSA) is 3.24 Å². The summed E-state index contributed by atoms with van der Waals surface area (Å²) >= 11 is 4.64. The third-order valence-electron chi connectivity index (χ3n) is 4.37. The molecular weight excluding hydrogens is 226 g/mol. The maximum absolute atomic E-state index is 4.64. The van der Waals surface area contributed by atoms with Crippen molar-refractivity contribution in [2.75, 3.05) is 19.3 Å². The van der Waals surface area contributed by atoms with Gasteiger partial charge in [0.15, 0.2) is 0 Å². The average molecular weight is 260 g/mol. The normalized spacial score (nSPS) is 13.4. The Kier molecular flexibility index (Phi) is 7.82. The number of hydrogen-bond donors (Lipinski definition) is 1. The molecule has 17 heavy (non-hydrogen) atoms. The van der Waals surface area contributed by atoms with Gasteiger partial charge in [-0.2, -0.15) is 12.6 Å². The summed E-state index contributed by atoms with van der Waals surface area (Å²) in [5.41, 5.74) is 0.712. The van der Waals surface area contributed by atoms with E-state index in [2.05, 4.69) is 59.2 Å². The zero-order chi connectivity index (χ0) is 13.5. The molecule has 0 unspecified atom stereocenters. The summed E-state index contributed by atoms with van der Waals surface area (Å²) in [6, 6.07) is 0. The van der Waals surface area contributed by atoms with Gasteiger partial charge in [0, 0.05) is 12.1 Å². The van der Waals surface area contributed by atoms with Gasteiger partial charge in [0.1, 0.15) is 0 Å². The van der Waals surface area contributed by atoms with E-state index in [1.807, 2.05) is 0 Å². The van der Waals surface area contributed by atoms with Gasteiger partial charge in [-0.25, -0.2) is 0 Å². The van der Waals surface area contributed by atoms with Crippen molar-refractivity contribution >= 4 is 12.6 Å². The molecule has 0 saturated heterocycles. The van der Waals surface area contributed by atoms with E-state index in [1.54, 1.807) is 0 Å². The van der Waals surface area contributed by atoms with Crippen LogP contribution in [0.4, 0.5) is 0 Å². The van der Waals surface area contributed by atoms with Gasteiger partial charge in [0.2, 0.25) is 0 Å². The fraction of sp³-hybridized carbons (Fsp3) is 1.00. The van der Waals surface area contributed by atoms with Crippen LogP contribution in [0.15, 0.2) is 0 Å². The Morgan fingerprint density at radius 2 is 1.47 bits per heavy atom.